The highest BCUT2D eigenvalue weighted by Gasteiger charge is 2.64. The van der Waals surface area contributed by atoms with E-state index in [1.165, 1.54) is 32.1 Å². The van der Waals surface area contributed by atoms with E-state index in [2.05, 4.69) is 32.9 Å². The molecule has 4 aliphatic carbocycles. The number of urea groups is 1. The van der Waals surface area contributed by atoms with Gasteiger partial charge in [-0.15, -0.1) is 0 Å². The molecule has 208 valence electrons. The molecular formula is C34H45N3O2. The monoisotopic (exact) mass is 527 g/mol. The normalized spacial score (nSPS) is 42.8. The van der Waals surface area contributed by atoms with Gasteiger partial charge in [-0.05, 0) is 104 Å². The van der Waals surface area contributed by atoms with E-state index >= 15 is 0 Å². The number of ketones is 1. The third-order valence-electron chi connectivity index (χ3n) is 12.3. The Morgan fingerprint density at radius 2 is 1.69 bits per heavy atom. The van der Waals surface area contributed by atoms with Crippen LogP contribution < -0.4 is 10.6 Å². The fraction of sp³-hybridized carbons (Fsp3) is 0.618. The molecule has 2 amide bonds. The maximum atomic E-state index is 12.8. The lowest BCUT2D eigenvalue weighted by atomic mass is 9.43. The number of amides is 2. The number of Topliss-reactive ketones (excluding diaryl/α,β-unsaturated/α-hetero) is 1. The number of nitrogens with zero attached hydrogens (tertiary/aromatic N) is 2. The fourth-order valence-electron chi connectivity index (χ4n) is 10.5. The number of nitrogens with two attached hydrogens (primary N) is 1. The second-order valence-electron chi connectivity index (χ2n) is 13.8. The summed E-state index contributed by atoms with van der Waals surface area (Å²) in [6.07, 6.45) is 19.4. The van der Waals surface area contributed by atoms with Crippen LogP contribution in [0.1, 0.15) is 72.1 Å². The van der Waals surface area contributed by atoms with E-state index in [-0.39, 0.29) is 16.7 Å². The van der Waals surface area contributed by atoms with Gasteiger partial charge in [0.05, 0.1) is 6.54 Å². The lowest BCUT2D eigenvalue weighted by molar-refractivity contribution is -0.150. The van der Waals surface area contributed by atoms with Crippen LogP contribution in [0.2, 0.25) is 0 Å². The zero-order chi connectivity index (χ0) is 27.4. The molecule has 5 heteroatoms. The first-order valence-electron chi connectivity index (χ1n) is 15.2. The van der Waals surface area contributed by atoms with Crippen molar-refractivity contribution in [3.05, 3.63) is 54.6 Å². The summed E-state index contributed by atoms with van der Waals surface area (Å²) in [5.74, 6) is 3.65. The van der Waals surface area contributed by atoms with E-state index in [0.717, 1.165) is 24.9 Å². The van der Waals surface area contributed by atoms with Crippen molar-refractivity contribution in [1.82, 2.24) is 0 Å². The van der Waals surface area contributed by atoms with Crippen molar-refractivity contribution in [2.75, 3.05) is 11.4 Å². The Morgan fingerprint density at radius 3 is 2.46 bits per heavy atom. The zero-order valence-electron chi connectivity index (χ0n) is 23.9. The Morgan fingerprint density at radius 1 is 0.949 bits per heavy atom. The number of para-hydroxylation sites is 1. The molecule has 1 heterocycles. The average Bonchev–Trinajstić information content (AvgIpc) is 3.12. The third-order valence-corrected chi connectivity index (χ3v) is 12.3. The zero-order valence-corrected chi connectivity index (χ0v) is 23.9. The van der Waals surface area contributed by atoms with Crippen LogP contribution in [0.4, 0.5) is 10.5 Å². The minimum absolute atomic E-state index is 0.145. The molecule has 9 atom stereocenters. The van der Waals surface area contributed by atoms with E-state index in [0.29, 0.717) is 41.9 Å². The maximum Gasteiger partial charge on any atom is 0.319 e. The molecule has 4 fully saturated rings. The van der Waals surface area contributed by atoms with Crippen molar-refractivity contribution in [3.8, 4) is 0 Å². The highest BCUT2D eigenvalue weighted by molar-refractivity contribution is 5.91. The van der Waals surface area contributed by atoms with E-state index in [4.69, 9.17) is 10.7 Å². The number of hydrogen-bond donors (Lipinski definition) is 1. The van der Waals surface area contributed by atoms with Gasteiger partial charge in [-0.3, -0.25) is 14.7 Å². The molecule has 4 unspecified atom stereocenters. The molecule has 0 bridgehead atoms. The first kappa shape index (κ1) is 26.5. The summed E-state index contributed by atoms with van der Waals surface area (Å²) in [5.41, 5.74) is 6.72. The number of primary amides is 1. The van der Waals surface area contributed by atoms with Gasteiger partial charge >= 0.3 is 6.03 Å². The number of benzene rings is 1. The van der Waals surface area contributed by atoms with Crippen LogP contribution in [0.5, 0.6) is 0 Å². The van der Waals surface area contributed by atoms with Crippen molar-refractivity contribution >= 4 is 23.7 Å². The van der Waals surface area contributed by atoms with Gasteiger partial charge in [0.2, 0.25) is 0 Å². The van der Waals surface area contributed by atoms with Crippen LogP contribution in [-0.4, -0.2) is 30.1 Å². The minimum Gasteiger partial charge on any atom is -0.351 e. The van der Waals surface area contributed by atoms with Crippen molar-refractivity contribution in [2.24, 2.45) is 57.1 Å². The summed E-state index contributed by atoms with van der Waals surface area (Å²) < 4.78 is 0. The van der Waals surface area contributed by atoms with Crippen LogP contribution in [-0.2, 0) is 4.79 Å². The number of hydrogen-bond acceptors (Lipinski definition) is 3. The number of carbonyl (C=O) groups excluding carboxylic acids is 2. The summed E-state index contributed by atoms with van der Waals surface area (Å²) in [6, 6.07) is 9.36. The predicted molar refractivity (Wildman–Crippen MR) is 158 cm³/mol. The van der Waals surface area contributed by atoms with Crippen LogP contribution in [0.3, 0.4) is 0 Å². The fourth-order valence-corrected chi connectivity index (χ4v) is 10.5. The Balaban J connectivity index is 1.33. The molecule has 0 aromatic heterocycles. The number of anilines is 1. The van der Waals surface area contributed by atoms with Crippen molar-refractivity contribution < 1.29 is 9.59 Å². The maximum absolute atomic E-state index is 12.8. The Labute approximate surface area is 234 Å². The molecule has 39 heavy (non-hydrogen) atoms. The standard InChI is InChI=1S/C34H45N3O2/c1-23-26-13-12-25-27-14-15-30(33(27,3)19-16-28(25)32(26,2)20-17-29(23)38)34(18-8-5-9-21-36-34)22-37(31(35)39)24-10-6-4-7-11-24/h4-11,18,21,23,25-28,30H,12-17,19-20,22H2,1-3H3,(H2,35,39)/t23?,25-,26?,27-,28-,30?,32-,33-,34?/m0/s1. The molecule has 0 saturated heterocycles. The molecule has 6 rings (SSSR count). The molecule has 5 nitrogen and oxygen atoms in total. The summed E-state index contributed by atoms with van der Waals surface area (Å²) in [6.45, 7) is 7.71. The van der Waals surface area contributed by atoms with Gasteiger partial charge in [0.15, 0.2) is 0 Å². The van der Waals surface area contributed by atoms with Crippen LogP contribution in [0.15, 0.2) is 59.6 Å². The van der Waals surface area contributed by atoms with Crippen molar-refractivity contribution in [2.45, 2.75) is 77.7 Å². The number of allylic oxidation sites excluding steroid dienone is 3. The van der Waals surface area contributed by atoms with Gasteiger partial charge < -0.3 is 5.73 Å². The summed E-state index contributed by atoms with van der Waals surface area (Å²) in [4.78, 5) is 32.4. The minimum atomic E-state index is -0.530. The molecule has 0 spiro atoms. The number of fused-ring (bicyclic) bond motifs is 5. The highest BCUT2D eigenvalue weighted by atomic mass is 16.2. The second kappa shape index (κ2) is 9.74. The van der Waals surface area contributed by atoms with Crippen LogP contribution in [0, 0.1) is 46.3 Å². The van der Waals surface area contributed by atoms with Crippen molar-refractivity contribution in [3.63, 3.8) is 0 Å². The predicted octanol–water partition coefficient (Wildman–Crippen LogP) is 6.98. The Kier molecular flexibility index (Phi) is 6.63. The molecule has 1 aromatic rings. The first-order valence-corrected chi connectivity index (χ1v) is 15.2. The van der Waals surface area contributed by atoms with Crippen LogP contribution in [0.25, 0.3) is 0 Å². The molecule has 2 N–H and O–H groups in total. The Hall–Kier alpha value is -2.69. The third kappa shape index (κ3) is 4.14. The quantitative estimate of drug-likeness (QED) is 0.458. The highest BCUT2D eigenvalue weighted by Crippen LogP contribution is 2.69. The first-order chi connectivity index (χ1) is 18.7. The van der Waals surface area contributed by atoms with E-state index in [1.807, 2.05) is 48.7 Å². The van der Waals surface area contributed by atoms with E-state index < -0.39 is 11.6 Å². The Bertz CT molecular complexity index is 1190. The van der Waals surface area contributed by atoms with Crippen molar-refractivity contribution in [1.29, 1.82) is 0 Å². The second-order valence-corrected chi connectivity index (χ2v) is 13.8. The average molecular weight is 528 g/mol. The van der Waals surface area contributed by atoms with Gasteiger partial charge in [0.1, 0.15) is 11.3 Å². The topological polar surface area (TPSA) is 75.8 Å². The lowest BCUT2D eigenvalue weighted by Crippen LogP contribution is -2.58. The molecule has 0 radical (unpaired) electrons. The van der Waals surface area contributed by atoms with Crippen LogP contribution >= 0.6 is 0 Å². The van der Waals surface area contributed by atoms with E-state index in [9.17, 15) is 9.59 Å². The van der Waals surface area contributed by atoms with Gasteiger partial charge in [0.25, 0.3) is 0 Å². The summed E-state index contributed by atoms with van der Waals surface area (Å²) >= 11 is 0. The molecule has 1 aliphatic heterocycles. The summed E-state index contributed by atoms with van der Waals surface area (Å²) in [5, 5.41) is 0. The van der Waals surface area contributed by atoms with Gasteiger partial charge in [0, 0.05) is 24.2 Å². The number of rotatable bonds is 4. The van der Waals surface area contributed by atoms with Gasteiger partial charge in [-0.1, -0.05) is 57.2 Å². The molecule has 1 aromatic carbocycles. The molecular weight excluding hydrogens is 482 g/mol. The number of carbonyl (C=O) groups is 2. The molecule has 5 aliphatic rings. The SMILES string of the molecule is CC1C(=O)CC[C@@]2(C)C1CC[C@@H]1[C@@H]2CC[C@]2(C)C(C3(CN(C(N)=O)c4ccccc4)C=CC=CC=N3)CC[C@@H]12. The van der Waals surface area contributed by atoms with Gasteiger partial charge in [-0.25, -0.2) is 4.79 Å². The van der Waals surface area contributed by atoms with Gasteiger partial charge in [-0.2, -0.15) is 0 Å². The lowest BCUT2D eigenvalue weighted by Gasteiger charge is -2.62. The number of aliphatic imine (C=N–C) groups is 1. The smallest absolute Gasteiger partial charge is 0.319 e. The largest absolute Gasteiger partial charge is 0.351 e. The summed E-state index contributed by atoms with van der Waals surface area (Å²) in [7, 11) is 0. The molecule has 4 saturated carbocycles. The van der Waals surface area contributed by atoms with E-state index in [1.54, 1.807) is 4.90 Å².